The van der Waals surface area contributed by atoms with E-state index < -0.39 is 17.7 Å². The minimum atomic E-state index is -1.07. The van der Waals surface area contributed by atoms with E-state index >= 15 is 0 Å². The quantitative estimate of drug-likeness (QED) is 0.751. The normalized spacial score (nSPS) is 11.1. The van der Waals surface area contributed by atoms with Crippen LogP contribution in [0.5, 0.6) is 0 Å². The van der Waals surface area contributed by atoms with Crippen LogP contribution in [0, 0.1) is 6.92 Å². The SMILES string of the molecule is Cc1c(NC(=O)OC(C)(C)C)c(Br)cc(Br)c1C(=O)O. The van der Waals surface area contributed by atoms with Crippen LogP contribution < -0.4 is 5.32 Å². The maximum atomic E-state index is 11.8. The van der Waals surface area contributed by atoms with Gasteiger partial charge in [-0.15, -0.1) is 0 Å². The maximum absolute atomic E-state index is 11.8. The first-order chi connectivity index (χ1) is 9.03. The molecular weight excluding hydrogens is 394 g/mol. The highest BCUT2D eigenvalue weighted by atomic mass is 79.9. The van der Waals surface area contributed by atoms with Gasteiger partial charge in [0.25, 0.3) is 0 Å². The van der Waals surface area contributed by atoms with Crippen molar-refractivity contribution in [3.05, 3.63) is 26.1 Å². The van der Waals surface area contributed by atoms with Gasteiger partial charge in [-0.05, 0) is 71.2 Å². The highest BCUT2D eigenvalue weighted by Crippen LogP contribution is 2.34. The van der Waals surface area contributed by atoms with Gasteiger partial charge in [-0.1, -0.05) is 0 Å². The molecule has 20 heavy (non-hydrogen) atoms. The van der Waals surface area contributed by atoms with Crippen molar-refractivity contribution in [1.29, 1.82) is 0 Å². The molecular formula is C13H15Br2NO4. The summed E-state index contributed by atoms with van der Waals surface area (Å²) in [6.07, 6.45) is -0.639. The lowest BCUT2D eigenvalue weighted by Gasteiger charge is -2.21. The molecule has 1 rings (SSSR count). The van der Waals surface area contributed by atoms with E-state index in [0.717, 1.165) is 0 Å². The molecule has 1 aromatic carbocycles. The maximum Gasteiger partial charge on any atom is 0.412 e. The van der Waals surface area contributed by atoms with Gasteiger partial charge in [0.05, 0.1) is 11.3 Å². The number of carboxylic acids is 1. The van der Waals surface area contributed by atoms with E-state index in [-0.39, 0.29) is 5.56 Å². The number of hydrogen-bond acceptors (Lipinski definition) is 3. The number of amides is 1. The first-order valence-electron chi connectivity index (χ1n) is 5.75. The molecule has 0 saturated heterocycles. The van der Waals surface area contributed by atoms with Crippen molar-refractivity contribution in [1.82, 2.24) is 0 Å². The summed E-state index contributed by atoms with van der Waals surface area (Å²) in [6, 6.07) is 1.57. The second-order valence-corrected chi connectivity index (χ2v) is 6.86. The predicted octanol–water partition coefficient (Wildman–Crippen LogP) is 4.57. The van der Waals surface area contributed by atoms with E-state index in [4.69, 9.17) is 4.74 Å². The third-order valence-electron chi connectivity index (χ3n) is 2.32. The van der Waals surface area contributed by atoms with Crippen LogP contribution in [0.25, 0.3) is 0 Å². The average molecular weight is 409 g/mol. The highest BCUT2D eigenvalue weighted by molar-refractivity contribution is 9.11. The molecule has 0 saturated carbocycles. The van der Waals surface area contributed by atoms with Gasteiger partial charge in [0, 0.05) is 8.95 Å². The van der Waals surface area contributed by atoms with Crippen LogP contribution in [0.15, 0.2) is 15.0 Å². The number of halogens is 2. The van der Waals surface area contributed by atoms with Crippen LogP contribution in [0.3, 0.4) is 0 Å². The van der Waals surface area contributed by atoms with Crippen LogP contribution in [-0.4, -0.2) is 22.8 Å². The number of rotatable bonds is 2. The molecule has 5 nitrogen and oxygen atoms in total. The molecule has 0 radical (unpaired) electrons. The molecule has 1 aromatic rings. The Morgan fingerprint density at radius 2 is 1.80 bits per heavy atom. The van der Waals surface area contributed by atoms with Crippen molar-refractivity contribution < 1.29 is 19.4 Å². The monoisotopic (exact) mass is 407 g/mol. The van der Waals surface area contributed by atoms with Crippen LogP contribution in [0.2, 0.25) is 0 Å². The lowest BCUT2D eigenvalue weighted by atomic mass is 10.1. The summed E-state index contributed by atoms with van der Waals surface area (Å²) in [5, 5.41) is 11.8. The molecule has 0 aliphatic heterocycles. The molecule has 1 amide bonds. The van der Waals surface area contributed by atoms with Crippen LogP contribution in [0.4, 0.5) is 10.5 Å². The summed E-state index contributed by atoms with van der Waals surface area (Å²) in [4.78, 5) is 23.0. The van der Waals surface area contributed by atoms with Crippen molar-refractivity contribution in [2.24, 2.45) is 0 Å². The van der Waals surface area contributed by atoms with Gasteiger partial charge in [-0.3, -0.25) is 5.32 Å². The molecule has 110 valence electrons. The van der Waals surface area contributed by atoms with Gasteiger partial charge in [0.2, 0.25) is 0 Å². The summed E-state index contributed by atoms with van der Waals surface area (Å²) in [6.45, 7) is 6.86. The molecule has 7 heteroatoms. The van der Waals surface area contributed by atoms with Crippen molar-refractivity contribution in [2.45, 2.75) is 33.3 Å². The van der Waals surface area contributed by atoms with Gasteiger partial charge >= 0.3 is 12.1 Å². The standard InChI is InChI=1S/C13H15Br2NO4/c1-6-9(11(17)18)7(14)5-8(15)10(6)16-12(19)20-13(2,3)4/h5H,1-4H3,(H,16,19)(H,17,18). The van der Waals surface area contributed by atoms with Crippen molar-refractivity contribution in [3.8, 4) is 0 Å². The summed E-state index contributed by atoms with van der Waals surface area (Å²) >= 11 is 6.49. The van der Waals surface area contributed by atoms with E-state index in [2.05, 4.69) is 37.2 Å². The summed E-state index contributed by atoms with van der Waals surface area (Å²) in [5.41, 5.74) is 0.277. The van der Waals surface area contributed by atoms with E-state index in [0.29, 0.717) is 20.2 Å². The average Bonchev–Trinajstić information content (AvgIpc) is 2.20. The van der Waals surface area contributed by atoms with Gasteiger partial charge < -0.3 is 9.84 Å². The van der Waals surface area contributed by atoms with E-state index in [9.17, 15) is 14.7 Å². The molecule has 0 unspecified atom stereocenters. The topological polar surface area (TPSA) is 75.6 Å². The summed E-state index contributed by atoms with van der Waals surface area (Å²) in [7, 11) is 0. The largest absolute Gasteiger partial charge is 0.478 e. The van der Waals surface area contributed by atoms with Crippen molar-refractivity contribution >= 4 is 49.6 Å². The smallest absolute Gasteiger partial charge is 0.412 e. The number of anilines is 1. The van der Waals surface area contributed by atoms with Gasteiger partial charge in [0.15, 0.2) is 0 Å². The molecule has 0 bridgehead atoms. The van der Waals surface area contributed by atoms with Gasteiger partial charge in [-0.25, -0.2) is 9.59 Å². The third-order valence-corrected chi connectivity index (χ3v) is 3.57. The Balaban J connectivity index is 3.16. The second-order valence-electron chi connectivity index (χ2n) is 5.15. The van der Waals surface area contributed by atoms with Gasteiger partial charge in [-0.2, -0.15) is 0 Å². The van der Waals surface area contributed by atoms with Crippen molar-refractivity contribution in [3.63, 3.8) is 0 Å². The molecule has 0 heterocycles. The minimum Gasteiger partial charge on any atom is -0.478 e. The predicted molar refractivity (Wildman–Crippen MR) is 83.4 cm³/mol. The molecule has 0 atom stereocenters. The number of hydrogen-bond donors (Lipinski definition) is 2. The number of nitrogens with one attached hydrogen (secondary N) is 1. The second kappa shape index (κ2) is 6.13. The Morgan fingerprint density at radius 1 is 1.25 bits per heavy atom. The molecule has 0 aromatic heterocycles. The number of carbonyl (C=O) groups excluding carboxylic acids is 1. The van der Waals surface area contributed by atoms with Gasteiger partial charge in [0.1, 0.15) is 5.60 Å². The fourth-order valence-corrected chi connectivity index (χ4v) is 3.19. The fourth-order valence-electron chi connectivity index (χ4n) is 1.56. The summed E-state index contributed by atoms with van der Waals surface area (Å²) in [5.74, 6) is -1.07. The Labute approximate surface area is 134 Å². The Morgan fingerprint density at radius 3 is 2.25 bits per heavy atom. The Hall–Kier alpha value is -1.08. The number of benzene rings is 1. The first kappa shape index (κ1) is 17.0. The molecule has 2 N–H and O–H groups in total. The number of aromatic carboxylic acids is 1. The van der Waals surface area contributed by atoms with E-state index in [1.54, 1.807) is 33.8 Å². The highest BCUT2D eigenvalue weighted by Gasteiger charge is 2.22. The zero-order valence-electron chi connectivity index (χ0n) is 11.5. The number of carbonyl (C=O) groups is 2. The minimum absolute atomic E-state index is 0.0965. The molecule has 0 spiro atoms. The van der Waals surface area contributed by atoms with E-state index in [1.165, 1.54) is 0 Å². The molecule has 0 fully saturated rings. The number of ether oxygens (including phenoxy) is 1. The van der Waals surface area contributed by atoms with Crippen LogP contribution >= 0.6 is 31.9 Å². The third kappa shape index (κ3) is 4.21. The fraction of sp³-hybridized carbons (Fsp3) is 0.385. The van der Waals surface area contributed by atoms with Crippen LogP contribution in [-0.2, 0) is 4.74 Å². The zero-order chi connectivity index (χ0) is 15.7. The zero-order valence-corrected chi connectivity index (χ0v) is 14.7. The lowest BCUT2D eigenvalue weighted by Crippen LogP contribution is -2.27. The van der Waals surface area contributed by atoms with Crippen LogP contribution in [0.1, 0.15) is 36.7 Å². The first-order valence-corrected chi connectivity index (χ1v) is 7.33. The molecule has 0 aliphatic rings. The lowest BCUT2D eigenvalue weighted by molar-refractivity contribution is 0.0632. The van der Waals surface area contributed by atoms with E-state index in [1.807, 2.05) is 0 Å². The Bertz CT molecular complexity index is 564. The summed E-state index contributed by atoms with van der Waals surface area (Å²) < 4.78 is 6.15. The Kier molecular flexibility index (Phi) is 5.21. The molecule has 0 aliphatic carbocycles. The van der Waals surface area contributed by atoms with Crippen molar-refractivity contribution in [2.75, 3.05) is 5.32 Å². The number of carboxylic acid groups (broad SMARTS) is 1.